The highest BCUT2D eigenvalue weighted by Crippen LogP contribution is 2.16. The molecule has 0 aliphatic heterocycles. The minimum Gasteiger partial charge on any atom is -0.466 e. The molecule has 2 atom stereocenters. The van der Waals surface area contributed by atoms with Crippen molar-refractivity contribution in [2.45, 2.75) is 296 Å². The Labute approximate surface area is 385 Å². The van der Waals surface area contributed by atoms with Crippen molar-refractivity contribution < 1.29 is 24.5 Å². The molecule has 3 N–H and O–H groups in total. The van der Waals surface area contributed by atoms with E-state index in [1.807, 2.05) is 0 Å². The number of hydrogen-bond acceptors (Lipinski definition) is 5. The van der Waals surface area contributed by atoms with E-state index >= 15 is 0 Å². The average Bonchev–Trinajstić information content (AvgIpc) is 3.27. The molecule has 6 nitrogen and oxygen atoms in total. The molecule has 0 aromatic rings. The van der Waals surface area contributed by atoms with Crippen molar-refractivity contribution in [1.29, 1.82) is 0 Å². The lowest BCUT2D eigenvalue weighted by Gasteiger charge is -2.22. The molecule has 0 fully saturated rings. The summed E-state index contributed by atoms with van der Waals surface area (Å²) in [6.45, 7) is 4.89. The maximum Gasteiger partial charge on any atom is 0.305 e. The third-order valence-corrected chi connectivity index (χ3v) is 12.4. The van der Waals surface area contributed by atoms with Crippen LogP contribution in [-0.2, 0) is 14.3 Å². The third-order valence-electron chi connectivity index (χ3n) is 12.4. The van der Waals surface area contributed by atoms with Gasteiger partial charge in [-0.2, -0.15) is 0 Å². The predicted molar refractivity (Wildman–Crippen MR) is 269 cm³/mol. The highest BCUT2D eigenvalue weighted by atomic mass is 16.5. The first kappa shape index (κ1) is 60.1. The standard InChI is InChI=1S/C56H105NO5/c1-3-5-7-9-11-13-15-16-17-18-21-24-27-30-34-38-42-46-50-56(61)62-51-47-43-39-35-31-28-25-22-19-20-23-26-29-33-37-41-45-49-55(60)57-53(52-58)54(59)48-44-40-36-32-14-12-10-8-6-4-2/h13,15,17-19,22,53-54,58-59H,3-12,14,16,20-21,23-52H2,1-2H3,(H,57,60)/b15-13-,18-17-,22-19-. The Bertz CT molecular complexity index is 1010. The number of carbonyl (C=O) groups is 2. The molecule has 0 heterocycles. The van der Waals surface area contributed by atoms with Crippen molar-refractivity contribution in [2.75, 3.05) is 13.2 Å². The van der Waals surface area contributed by atoms with Gasteiger partial charge >= 0.3 is 5.97 Å². The van der Waals surface area contributed by atoms with Gasteiger partial charge < -0.3 is 20.3 Å². The zero-order chi connectivity index (χ0) is 45.1. The fraction of sp³-hybridized carbons (Fsp3) is 0.857. The van der Waals surface area contributed by atoms with Crippen LogP contribution in [0.25, 0.3) is 0 Å². The minimum absolute atomic E-state index is 0.00968. The highest BCUT2D eigenvalue weighted by Gasteiger charge is 2.20. The number of ether oxygens (including phenoxy) is 1. The average molecular weight is 872 g/mol. The number of esters is 1. The molecule has 2 unspecified atom stereocenters. The first-order chi connectivity index (χ1) is 30.5. The number of aliphatic hydroxyl groups is 2. The first-order valence-electron chi connectivity index (χ1n) is 27.2. The SMILES string of the molecule is CCCCCC/C=C\C/C=C\CCCCCCCCCC(=O)OCCCCCCCC/C=C\CCCCCCCCCC(=O)NC(CO)C(O)CCCCCCCCCCCC. The molecule has 0 bridgehead atoms. The second-order valence-electron chi connectivity index (χ2n) is 18.6. The molecule has 62 heavy (non-hydrogen) atoms. The molecule has 0 rings (SSSR count). The van der Waals surface area contributed by atoms with E-state index in [-0.39, 0.29) is 18.5 Å². The van der Waals surface area contributed by atoms with E-state index in [2.05, 4.69) is 55.6 Å². The smallest absolute Gasteiger partial charge is 0.305 e. The van der Waals surface area contributed by atoms with Crippen LogP contribution in [0.4, 0.5) is 0 Å². The lowest BCUT2D eigenvalue weighted by atomic mass is 10.0. The number of allylic oxidation sites excluding steroid dienone is 6. The van der Waals surface area contributed by atoms with Crippen molar-refractivity contribution in [2.24, 2.45) is 0 Å². The summed E-state index contributed by atoms with van der Waals surface area (Å²) >= 11 is 0. The molecule has 0 saturated carbocycles. The molecule has 1 amide bonds. The van der Waals surface area contributed by atoms with Gasteiger partial charge in [0.1, 0.15) is 0 Å². The normalized spacial score (nSPS) is 12.9. The van der Waals surface area contributed by atoms with Crippen LogP contribution in [-0.4, -0.2) is 47.4 Å². The van der Waals surface area contributed by atoms with Crippen LogP contribution >= 0.6 is 0 Å². The van der Waals surface area contributed by atoms with Gasteiger partial charge in [-0.1, -0.05) is 224 Å². The van der Waals surface area contributed by atoms with Crippen molar-refractivity contribution in [1.82, 2.24) is 5.32 Å². The monoisotopic (exact) mass is 872 g/mol. The van der Waals surface area contributed by atoms with Gasteiger partial charge in [0.05, 0.1) is 25.4 Å². The van der Waals surface area contributed by atoms with E-state index in [0.29, 0.717) is 25.9 Å². The fourth-order valence-electron chi connectivity index (χ4n) is 8.19. The van der Waals surface area contributed by atoms with Gasteiger partial charge in [-0.25, -0.2) is 0 Å². The zero-order valence-corrected chi connectivity index (χ0v) is 41.4. The van der Waals surface area contributed by atoms with Gasteiger partial charge in [-0.05, 0) is 83.5 Å². The van der Waals surface area contributed by atoms with Crippen LogP contribution in [0.3, 0.4) is 0 Å². The third kappa shape index (κ3) is 47.6. The Morgan fingerprint density at radius 3 is 1.26 bits per heavy atom. The van der Waals surface area contributed by atoms with Gasteiger partial charge in [0, 0.05) is 12.8 Å². The van der Waals surface area contributed by atoms with Gasteiger partial charge in [-0.15, -0.1) is 0 Å². The Morgan fingerprint density at radius 1 is 0.452 bits per heavy atom. The number of rotatable bonds is 50. The van der Waals surface area contributed by atoms with Crippen LogP contribution < -0.4 is 5.32 Å². The van der Waals surface area contributed by atoms with Gasteiger partial charge in [0.25, 0.3) is 0 Å². The van der Waals surface area contributed by atoms with Crippen molar-refractivity contribution in [3.05, 3.63) is 36.5 Å². The molecule has 0 aromatic carbocycles. The maximum atomic E-state index is 12.4. The molecule has 0 aliphatic rings. The molecule has 0 radical (unpaired) electrons. The van der Waals surface area contributed by atoms with E-state index in [1.165, 1.54) is 186 Å². The lowest BCUT2D eigenvalue weighted by molar-refractivity contribution is -0.143. The van der Waals surface area contributed by atoms with Crippen molar-refractivity contribution >= 4 is 11.9 Å². The largest absolute Gasteiger partial charge is 0.466 e. The van der Waals surface area contributed by atoms with E-state index < -0.39 is 12.1 Å². The Hall–Kier alpha value is -1.92. The molecular weight excluding hydrogens is 767 g/mol. The maximum absolute atomic E-state index is 12.4. The van der Waals surface area contributed by atoms with Crippen LogP contribution in [0.2, 0.25) is 0 Å². The number of unbranched alkanes of at least 4 members (excludes halogenated alkanes) is 33. The van der Waals surface area contributed by atoms with E-state index in [9.17, 15) is 19.8 Å². The molecule has 0 spiro atoms. The van der Waals surface area contributed by atoms with Gasteiger partial charge in [0.2, 0.25) is 5.91 Å². The summed E-state index contributed by atoms with van der Waals surface area (Å²) in [7, 11) is 0. The quantitative estimate of drug-likeness (QED) is 0.0321. The molecular formula is C56H105NO5. The molecule has 0 aromatic heterocycles. The lowest BCUT2D eigenvalue weighted by Crippen LogP contribution is -2.45. The Morgan fingerprint density at radius 2 is 0.806 bits per heavy atom. The molecule has 6 heteroatoms. The van der Waals surface area contributed by atoms with Crippen molar-refractivity contribution in [3.63, 3.8) is 0 Å². The van der Waals surface area contributed by atoms with E-state index in [1.54, 1.807) is 0 Å². The summed E-state index contributed by atoms with van der Waals surface area (Å²) in [5.41, 5.74) is 0. The van der Waals surface area contributed by atoms with Crippen LogP contribution in [0.5, 0.6) is 0 Å². The second-order valence-corrected chi connectivity index (χ2v) is 18.6. The predicted octanol–water partition coefficient (Wildman–Crippen LogP) is 16.5. The summed E-state index contributed by atoms with van der Waals surface area (Å²) < 4.78 is 5.47. The summed E-state index contributed by atoms with van der Waals surface area (Å²) in [6, 6.07) is -0.549. The second kappa shape index (κ2) is 51.7. The number of carbonyl (C=O) groups excluding carboxylic acids is 2. The van der Waals surface area contributed by atoms with E-state index in [0.717, 1.165) is 64.2 Å². The molecule has 0 saturated heterocycles. The van der Waals surface area contributed by atoms with E-state index in [4.69, 9.17) is 4.74 Å². The summed E-state index contributed by atoms with van der Waals surface area (Å²) in [4.78, 5) is 24.5. The minimum atomic E-state index is -0.671. The Balaban J connectivity index is 3.44. The van der Waals surface area contributed by atoms with Crippen LogP contribution in [0, 0.1) is 0 Å². The molecule has 0 aliphatic carbocycles. The van der Waals surface area contributed by atoms with Crippen LogP contribution in [0.1, 0.15) is 284 Å². The van der Waals surface area contributed by atoms with Gasteiger partial charge in [0.15, 0.2) is 0 Å². The molecule has 364 valence electrons. The van der Waals surface area contributed by atoms with Crippen LogP contribution in [0.15, 0.2) is 36.5 Å². The number of nitrogens with one attached hydrogen (secondary N) is 1. The number of hydrogen-bond donors (Lipinski definition) is 3. The zero-order valence-electron chi connectivity index (χ0n) is 41.4. The summed E-state index contributed by atoms with van der Waals surface area (Å²) in [6.07, 6.45) is 62.7. The highest BCUT2D eigenvalue weighted by molar-refractivity contribution is 5.76. The summed E-state index contributed by atoms with van der Waals surface area (Å²) in [5, 5.41) is 23.1. The number of amides is 1. The first-order valence-corrected chi connectivity index (χ1v) is 27.2. The number of aliphatic hydroxyl groups excluding tert-OH is 2. The van der Waals surface area contributed by atoms with Gasteiger partial charge in [-0.3, -0.25) is 9.59 Å². The van der Waals surface area contributed by atoms with Crippen molar-refractivity contribution in [3.8, 4) is 0 Å². The summed E-state index contributed by atoms with van der Waals surface area (Å²) in [5.74, 6) is -0.0592. The Kier molecular flexibility index (Phi) is 50.1. The fourth-order valence-corrected chi connectivity index (χ4v) is 8.19. The topological polar surface area (TPSA) is 95.9 Å².